The molecule has 2 aromatic rings. The average Bonchev–Trinajstić information content (AvgIpc) is 3.01. The van der Waals surface area contributed by atoms with Crippen molar-refractivity contribution in [1.82, 2.24) is 15.1 Å². The van der Waals surface area contributed by atoms with Gasteiger partial charge in [0, 0.05) is 13.1 Å². The summed E-state index contributed by atoms with van der Waals surface area (Å²) in [7, 11) is 0. The standard InChI is InChI=1S/C25H31N3O3/c1-4-15-25(21-9-7-6-8-10-21)23(30)28(24(31)26-25)18-22(29)27(16-5-2)17-20-13-11-19(3)12-14-20/h6-14H,4-5,15-18H2,1-3H3,(H,26,31)/t25-/m1/s1. The number of carbonyl (C=O) groups excluding carboxylic acids is 3. The highest BCUT2D eigenvalue weighted by atomic mass is 16.2. The third-order valence-corrected chi connectivity index (χ3v) is 5.70. The average molecular weight is 422 g/mol. The van der Waals surface area contributed by atoms with Crippen molar-refractivity contribution in [2.45, 2.75) is 52.1 Å². The summed E-state index contributed by atoms with van der Waals surface area (Å²) in [6.07, 6.45) is 1.99. The monoisotopic (exact) mass is 421 g/mol. The van der Waals surface area contributed by atoms with Crippen LogP contribution in [0.1, 0.15) is 49.8 Å². The highest BCUT2D eigenvalue weighted by molar-refractivity contribution is 6.09. The Morgan fingerprint density at radius 1 is 1.00 bits per heavy atom. The second kappa shape index (κ2) is 9.77. The van der Waals surface area contributed by atoms with E-state index in [1.165, 1.54) is 0 Å². The van der Waals surface area contributed by atoms with Crippen LogP contribution in [0.4, 0.5) is 4.79 Å². The Labute approximate surface area is 184 Å². The third kappa shape index (κ3) is 4.79. The van der Waals surface area contributed by atoms with Crippen LogP contribution < -0.4 is 5.32 Å². The quantitative estimate of drug-likeness (QED) is 0.623. The summed E-state index contributed by atoms with van der Waals surface area (Å²) in [5.74, 6) is -0.586. The molecular formula is C25H31N3O3. The lowest BCUT2D eigenvalue weighted by molar-refractivity contribution is -0.139. The molecule has 0 radical (unpaired) electrons. The highest BCUT2D eigenvalue weighted by Gasteiger charge is 2.52. The number of hydrogen-bond donors (Lipinski definition) is 1. The van der Waals surface area contributed by atoms with Gasteiger partial charge in [-0.1, -0.05) is 80.4 Å². The molecule has 1 saturated heterocycles. The first-order chi connectivity index (χ1) is 14.9. The molecular weight excluding hydrogens is 390 g/mol. The number of rotatable bonds is 9. The van der Waals surface area contributed by atoms with Crippen LogP contribution in [0.25, 0.3) is 0 Å². The van der Waals surface area contributed by atoms with Gasteiger partial charge in [0.2, 0.25) is 5.91 Å². The van der Waals surface area contributed by atoms with E-state index >= 15 is 0 Å². The Morgan fingerprint density at radius 3 is 2.29 bits per heavy atom. The number of carbonyl (C=O) groups is 3. The second-order valence-corrected chi connectivity index (χ2v) is 8.14. The summed E-state index contributed by atoms with van der Waals surface area (Å²) in [4.78, 5) is 42.1. The van der Waals surface area contributed by atoms with E-state index in [2.05, 4.69) is 5.32 Å². The largest absolute Gasteiger partial charge is 0.337 e. The minimum absolute atomic E-state index is 0.230. The maximum absolute atomic E-state index is 13.4. The van der Waals surface area contributed by atoms with Crippen molar-refractivity contribution >= 4 is 17.8 Å². The Balaban J connectivity index is 1.79. The number of urea groups is 1. The lowest BCUT2D eigenvalue weighted by Crippen LogP contribution is -2.45. The van der Waals surface area contributed by atoms with Gasteiger partial charge in [0.05, 0.1) is 0 Å². The molecule has 1 heterocycles. The van der Waals surface area contributed by atoms with Crippen molar-refractivity contribution in [3.63, 3.8) is 0 Å². The zero-order chi connectivity index (χ0) is 22.4. The predicted octanol–water partition coefficient (Wildman–Crippen LogP) is 3.98. The number of aryl methyl sites for hydroxylation is 1. The van der Waals surface area contributed by atoms with Gasteiger partial charge in [0.15, 0.2) is 0 Å². The van der Waals surface area contributed by atoms with Crippen LogP contribution >= 0.6 is 0 Å². The molecule has 0 saturated carbocycles. The number of hydrogen-bond acceptors (Lipinski definition) is 3. The maximum Gasteiger partial charge on any atom is 0.325 e. The van der Waals surface area contributed by atoms with Crippen molar-refractivity contribution in [3.8, 4) is 0 Å². The van der Waals surface area contributed by atoms with Gasteiger partial charge in [-0.2, -0.15) is 0 Å². The van der Waals surface area contributed by atoms with E-state index in [0.717, 1.165) is 34.4 Å². The fourth-order valence-electron chi connectivity index (χ4n) is 4.09. The number of benzene rings is 2. The summed E-state index contributed by atoms with van der Waals surface area (Å²) in [6.45, 7) is 6.76. The summed E-state index contributed by atoms with van der Waals surface area (Å²) < 4.78 is 0. The van der Waals surface area contributed by atoms with Crippen molar-refractivity contribution in [3.05, 3.63) is 71.3 Å². The van der Waals surface area contributed by atoms with Gasteiger partial charge in [-0.3, -0.25) is 14.5 Å². The van der Waals surface area contributed by atoms with Crippen LogP contribution in [-0.2, 0) is 21.7 Å². The number of nitrogens with one attached hydrogen (secondary N) is 1. The molecule has 6 nitrogen and oxygen atoms in total. The lowest BCUT2D eigenvalue weighted by atomic mass is 9.85. The van der Waals surface area contributed by atoms with E-state index in [4.69, 9.17) is 0 Å². The fraction of sp³-hybridized carbons (Fsp3) is 0.400. The summed E-state index contributed by atoms with van der Waals surface area (Å²) in [5, 5.41) is 2.88. The first-order valence-corrected chi connectivity index (χ1v) is 10.9. The topological polar surface area (TPSA) is 69.7 Å². The molecule has 6 heteroatoms. The molecule has 0 bridgehead atoms. The van der Waals surface area contributed by atoms with Crippen LogP contribution in [0.2, 0.25) is 0 Å². The Hall–Kier alpha value is -3.15. The molecule has 0 spiro atoms. The zero-order valence-electron chi connectivity index (χ0n) is 18.6. The molecule has 1 aliphatic heterocycles. The van der Waals surface area contributed by atoms with Gasteiger partial charge in [-0.15, -0.1) is 0 Å². The predicted molar refractivity (Wildman–Crippen MR) is 120 cm³/mol. The molecule has 1 aliphatic rings. The van der Waals surface area contributed by atoms with Gasteiger partial charge < -0.3 is 10.2 Å². The molecule has 31 heavy (non-hydrogen) atoms. The van der Waals surface area contributed by atoms with Gasteiger partial charge in [-0.05, 0) is 30.9 Å². The maximum atomic E-state index is 13.4. The van der Waals surface area contributed by atoms with Crippen molar-refractivity contribution < 1.29 is 14.4 Å². The van der Waals surface area contributed by atoms with Crippen molar-refractivity contribution in [2.24, 2.45) is 0 Å². The highest BCUT2D eigenvalue weighted by Crippen LogP contribution is 2.33. The van der Waals surface area contributed by atoms with E-state index in [9.17, 15) is 14.4 Å². The summed E-state index contributed by atoms with van der Waals surface area (Å²) in [5.41, 5.74) is 1.81. The number of imide groups is 1. The smallest absolute Gasteiger partial charge is 0.325 e. The molecule has 0 aromatic heterocycles. The number of nitrogens with zero attached hydrogens (tertiary/aromatic N) is 2. The van der Waals surface area contributed by atoms with Crippen LogP contribution in [-0.4, -0.2) is 40.7 Å². The second-order valence-electron chi connectivity index (χ2n) is 8.14. The minimum Gasteiger partial charge on any atom is -0.337 e. The van der Waals surface area contributed by atoms with Crippen molar-refractivity contribution in [2.75, 3.05) is 13.1 Å². The third-order valence-electron chi connectivity index (χ3n) is 5.70. The Kier molecular flexibility index (Phi) is 7.10. The molecule has 2 aromatic carbocycles. The van der Waals surface area contributed by atoms with Gasteiger partial charge in [-0.25, -0.2) is 4.79 Å². The van der Waals surface area contributed by atoms with Crippen LogP contribution in [0.5, 0.6) is 0 Å². The van der Waals surface area contributed by atoms with Gasteiger partial charge in [0.1, 0.15) is 12.1 Å². The van der Waals surface area contributed by atoms with Crippen LogP contribution in [0, 0.1) is 6.92 Å². The molecule has 0 aliphatic carbocycles. The summed E-state index contributed by atoms with van der Waals surface area (Å²) in [6, 6.07) is 16.8. The first kappa shape index (κ1) is 22.5. The normalized spacial score (nSPS) is 18.2. The molecule has 164 valence electrons. The van der Waals surface area contributed by atoms with E-state index in [1.807, 2.05) is 75.4 Å². The summed E-state index contributed by atoms with van der Waals surface area (Å²) >= 11 is 0. The Morgan fingerprint density at radius 2 is 1.68 bits per heavy atom. The molecule has 1 atom stereocenters. The molecule has 0 unspecified atom stereocenters. The molecule has 1 N–H and O–H groups in total. The van der Waals surface area contributed by atoms with Gasteiger partial charge >= 0.3 is 6.03 Å². The zero-order valence-corrected chi connectivity index (χ0v) is 18.6. The minimum atomic E-state index is -1.11. The fourth-order valence-corrected chi connectivity index (χ4v) is 4.09. The van der Waals surface area contributed by atoms with Gasteiger partial charge in [0.25, 0.3) is 5.91 Å². The van der Waals surface area contributed by atoms with E-state index in [1.54, 1.807) is 4.90 Å². The van der Waals surface area contributed by atoms with Crippen molar-refractivity contribution in [1.29, 1.82) is 0 Å². The molecule has 4 amide bonds. The molecule has 3 rings (SSSR count). The van der Waals surface area contributed by atoms with E-state index < -0.39 is 11.6 Å². The number of amides is 4. The Bertz CT molecular complexity index is 927. The van der Waals surface area contributed by atoms with Crippen LogP contribution in [0.3, 0.4) is 0 Å². The lowest BCUT2D eigenvalue weighted by Gasteiger charge is -2.27. The van der Waals surface area contributed by atoms with E-state index in [0.29, 0.717) is 19.5 Å². The molecule has 1 fully saturated rings. The SMILES string of the molecule is CCCN(Cc1ccc(C)cc1)C(=O)CN1C(=O)N[C@](CCC)(c2ccccc2)C1=O. The van der Waals surface area contributed by atoms with E-state index in [-0.39, 0.29) is 18.4 Å². The van der Waals surface area contributed by atoms with Crippen LogP contribution in [0.15, 0.2) is 54.6 Å². The first-order valence-electron chi connectivity index (χ1n) is 10.9.